The number of piperidine rings is 1. The number of carbonyl (C=O) groups is 1. The molecular formula is C16H31N3O. The van der Waals surface area contributed by atoms with Gasteiger partial charge in [-0.2, -0.15) is 0 Å². The Morgan fingerprint density at radius 2 is 1.85 bits per heavy atom. The summed E-state index contributed by atoms with van der Waals surface area (Å²) in [6.45, 7) is 11.1. The Hall–Kier alpha value is -0.610. The zero-order valence-corrected chi connectivity index (χ0v) is 13.4. The van der Waals surface area contributed by atoms with Gasteiger partial charge in [-0.05, 0) is 50.2 Å². The van der Waals surface area contributed by atoms with E-state index < -0.39 is 0 Å². The molecule has 2 N–H and O–H groups in total. The Morgan fingerprint density at radius 1 is 1.20 bits per heavy atom. The molecule has 116 valence electrons. The van der Waals surface area contributed by atoms with E-state index in [1.807, 2.05) is 0 Å². The molecule has 20 heavy (non-hydrogen) atoms. The number of likely N-dealkylation sites (tertiary alicyclic amines) is 2. The van der Waals surface area contributed by atoms with Crippen LogP contribution in [0.3, 0.4) is 0 Å². The summed E-state index contributed by atoms with van der Waals surface area (Å²) >= 11 is 0. The molecule has 1 amide bonds. The van der Waals surface area contributed by atoms with Gasteiger partial charge in [-0.3, -0.25) is 9.69 Å². The molecule has 2 unspecified atom stereocenters. The molecule has 2 heterocycles. The Labute approximate surface area is 123 Å². The zero-order chi connectivity index (χ0) is 14.8. The standard InChI is InChI=1S/C16H31N3O/c1-13(2)14(18-8-5-4-6-9-18)15(20)19-10-7-16(3,11-17)12-19/h13-14H,4-12,17H2,1-3H3. The summed E-state index contributed by atoms with van der Waals surface area (Å²) in [6, 6.07) is 0.0652. The minimum Gasteiger partial charge on any atom is -0.341 e. The number of hydrogen-bond acceptors (Lipinski definition) is 3. The Bertz CT molecular complexity index is 339. The van der Waals surface area contributed by atoms with Crippen LogP contribution in [0.1, 0.15) is 46.5 Å². The maximum Gasteiger partial charge on any atom is 0.240 e. The monoisotopic (exact) mass is 281 g/mol. The third-order valence-electron chi connectivity index (χ3n) is 5.03. The number of carbonyl (C=O) groups excluding carboxylic acids is 1. The van der Waals surface area contributed by atoms with E-state index in [0.29, 0.717) is 18.4 Å². The average molecular weight is 281 g/mol. The zero-order valence-electron chi connectivity index (χ0n) is 13.4. The Kier molecular flexibility index (Phi) is 5.08. The summed E-state index contributed by atoms with van der Waals surface area (Å²) < 4.78 is 0. The first-order valence-corrected chi connectivity index (χ1v) is 8.20. The predicted octanol–water partition coefficient (Wildman–Crippen LogP) is 1.69. The van der Waals surface area contributed by atoms with Crippen molar-refractivity contribution in [1.82, 2.24) is 9.80 Å². The third-order valence-corrected chi connectivity index (χ3v) is 5.03. The number of nitrogens with two attached hydrogens (primary N) is 1. The molecule has 0 spiro atoms. The predicted molar refractivity (Wildman–Crippen MR) is 82.4 cm³/mol. The van der Waals surface area contributed by atoms with E-state index in [4.69, 9.17) is 5.73 Å². The summed E-state index contributed by atoms with van der Waals surface area (Å²) in [5, 5.41) is 0. The fourth-order valence-electron chi connectivity index (χ4n) is 3.63. The molecule has 2 atom stereocenters. The summed E-state index contributed by atoms with van der Waals surface area (Å²) in [6.07, 6.45) is 4.82. The van der Waals surface area contributed by atoms with Crippen molar-refractivity contribution in [3.63, 3.8) is 0 Å². The summed E-state index contributed by atoms with van der Waals surface area (Å²) in [5.41, 5.74) is 5.98. The number of nitrogens with zero attached hydrogens (tertiary/aromatic N) is 2. The van der Waals surface area contributed by atoms with Gasteiger partial charge in [-0.25, -0.2) is 0 Å². The molecule has 2 fully saturated rings. The smallest absolute Gasteiger partial charge is 0.240 e. The average Bonchev–Trinajstić information content (AvgIpc) is 2.83. The SMILES string of the molecule is CC(C)C(C(=O)N1CCC(C)(CN)C1)N1CCCCC1. The van der Waals surface area contributed by atoms with Crippen molar-refractivity contribution in [2.24, 2.45) is 17.1 Å². The van der Waals surface area contributed by atoms with Gasteiger partial charge in [0.2, 0.25) is 5.91 Å². The van der Waals surface area contributed by atoms with Gasteiger partial charge in [-0.1, -0.05) is 27.2 Å². The van der Waals surface area contributed by atoms with E-state index in [9.17, 15) is 4.79 Å². The molecule has 0 bridgehead atoms. The summed E-state index contributed by atoms with van der Waals surface area (Å²) in [4.78, 5) is 17.4. The minimum atomic E-state index is 0.0652. The topological polar surface area (TPSA) is 49.6 Å². The molecule has 0 aliphatic carbocycles. The Morgan fingerprint density at radius 3 is 2.35 bits per heavy atom. The van der Waals surface area contributed by atoms with Crippen molar-refractivity contribution in [3.05, 3.63) is 0 Å². The number of rotatable bonds is 4. The molecule has 0 aromatic carbocycles. The van der Waals surface area contributed by atoms with E-state index in [1.165, 1.54) is 19.3 Å². The van der Waals surface area contributed by atoms with Crippen LogP contribution in [0.15, 0.2) is 0 Å². The van der Waals surface area contributed by atoms with Crippen molar-refractivity contribution in [2.45, 2.75) is 52.5 Å². The second-order valence-corrected chi connectivity index (χ2v) is 7.31. The first-order chi connectivity index (χ1) is 9.47. The molecule has 2 rings (SSSR count). The third kappa shape index (κ3) is 3.34. The van der Waals surface area contributed by atoms with Gasteiger partial charge in [0.1, 0.15) is 0 Å². The van der Waals surface area contributed by atoms with Gasteiger partial charge in [-0.15, -0.1) is 0 Å². The van der Waals surface area contributed by atoms with Crippen LogP contribution in [0.25, 0.3) is 0 Å². The van der Waals surface area contributed by atoms with Crippen molar-refractivity contribution < 1.29 is 4.79 Å². The maximum atomic E-state index is 12.9. The lowest BCUT2D eigenvalue weighted by Crippen LogP contribution is -2.52. The fourth-order valence-corrected chi connectivity index (χ4v) is 3.63. The molecule has 2 aliphatic heterocycles. The lowest BCUT2D eigenvalue weighted by atomic mass is 9.90. The van der Waals surface area contributed by atoms with E-state index in [-0.39, 0.29) is 11.5 Å². The number of amides is 1. The van der Waals surface area contributed by atoms with Gasteiger partial charge < -0.3 is 10.6 Å². The molecule has 0 saturated carbocycles. The van der Waals surface area contributed by atoms with E-state index in [2.05, 4.69) is 30.6 Å². The van der Waals surface area contributed by atoms with Crippen molar-refractivity contribution in [1.29, 1.82) is 0 Å². The van der Waals surface area contributed by atoms with E-state index in [1.54, 1.807) is 0 Å². The lowest BCUT2D eigenvalue weighted by molar-refractivity contribution is -0.138. The highest BCUT2D eigenvalue weighted by Gasteiger charge is 2.39. The molecular weight excluding hydrogens is 250 g/mol. The van der Waals surface area contributed by atoms with Crippen LogP contribution in [-0.2, 0) is 4.79 Å². The largest absolute Gasteiger partial charge is 0.341 e. The highest BCUT2D eigenvalue weighted by atomic mass is 16.2. The van der Waals surface area contributed by atoms with Crippen LogP contribution in [0.2, 0.25) is 0 Å². The lowest BCUT2D eigenvalue weighted by Gasteiger charge is -2.38. The first-order valence-electron chi connectivity index (χ1n) is 8.20. The van der Waals surface area contributed by atoms with Crippen LogP contribution in [-0.4, -0.2) is 54.5 Å². The van der Waals surface area contributed by atoms with Crippen molar-refractivity contribution in [2.75, 3.05) is 32.7 Å². The molecule has 4 heteroatoms. The molecule has 0 aromatic heterocycles. The van der Waals surface area contributed by atoms with Crippen LogP contribution >= 0.6 is 0 Å². The fraction of sp³-hybridized carbons (Fsp3) is 0.938. The summed E-state index contributed by atoms with van der Waals surface area (Å²) in [7, 11) is 0. The van der Waals surface area contributed by atoms with Crippen molar-refractivity contribution >= 4 is 5.91 Å². The first kappa shape index (κ1) is 15.8. The van der Waals surface area contributed by atoms with Gasteiger partial charge in [0, 0.05) is 13.1 Å². The van der Waals surface area contributed by atoms with Gasteiger partial charge in [0.05, 0.1) is 6.04 Å². The maximum absolute atomic E-state index is 12.9. The molecule has 2 aliphatic rings. The van der Waals surface area contributed by atoms with Gasteiger partial charge in [0.15, 0.2) is 0 Å². The molecule has 0 radical (unpaired) electrons. The van der Waals surface area contributed by atoms with Crippen molar-refractivity contribution in [3.8, 4) is 0 Å². The van der Waals surface area contributed by atoms with Gasteiger partial charge in [0.25, 0.3) is 0 Å². The summed E-state index contributed by atoms with van der Waals surface area (Å²) in [5.74, 6) is 0.712. The quantitative estimate of drug-likeness (QED) is 0.853. The van der Waals surface area contributed by atoms with Crippen LogP contribution in [0.4, 0.5) is 0 Å². The minimum absolute atomic E-state index is 0.0652. The van der Waals surface area contributed by atoms with E-state index >= 15 is 0 Å². The molecule has 4 nitrogen and oxygen atoms in total. The van der Waals surface area contributed by atoms with Crippen LogP contribution in [0.5, 0.6) is 0 Å². The second kappa shape index (κ2) is 6.44. The highest BCUT2D eigenvalue weighted by Crippen LogP contribution is 2.30. The van der Waals surface area contributed by atoms with E-state index in [0.717, 1.165) is 32.6 Å². The normalized spacial score (nSPS) is 29.9. The molecule has 2 saturated heterocycles. The van der Waals surface area contributed by atoms with Crippen LogP contribution in [0, 0.1) is 11.3 Å². The second-order valence-electron chi connectivity index (χ2n) is 7.31. The molecule has 0 aromatic rings. The highest BCUT2D eigenvalue weighted by molar-refractivity contribution is 5.82. The Balaban J connectivity index is 2.04. The van der Waals surface area contributed by atoms with Crippen LogP contribution < -0.4 is 5.73 Å². The number of hydrogen-bond donors (Lipinski definition) is 1. The van der Waals surface area contributed by atoms with Gasteiger partial charge >= 0.3 is 0 Å².